The molecule has 26 heavy (non-hydrogen) atoms. The lowest BCUT2D eigenvalue weighted by atomic mass is 10.2. The second-order valence-corrected chi connectivity index (χ2v) is 8.19. The van der Waals surface area contributed by atoms with Crippen molar-refractivity contribution >= 4 is 33.0 Å². The Labute approximate surface area is 155 Å². The van der Waals surface area contributed by atoms with Gasteiger partial charge in [0.1, 0.15) is 4.90 Å². The van der Waals surface area contributed by atoms with Gasteiger partial charge in [0, 0.05) is 0 Å². The molecule has 138 valence electrons. The van der Waals surface area contributed by atoms with Crippen LogP contribution in [0.5, 0.6) is 0 Å². The summed E-state index contributed by atoms with van der Waals surface area (Å²) >= 11 is 7.34. The fraction of sp³-hybridized carbons (Fsp3) is 0.133. The number of para-hydroxylation sites is 1. The highest BCUT2D eigenvalue weighted by atomic mass is 35.5. The molecular formula is C15H11ClF3N3O2S2. The van der Waals surface area contributed by atoms with E-state index in [0.29, 0.717) is 10.4 Å². The predicted octanol–water partition coefficient (Wildman–Crippen LogP) is 4.23. The molecule has 0 aliphatic heterocycles. The van der Waals surface area contributed by atoms with Crippen LogP contribution in [0.1, 0.15) is 11.3 Å². The molecule has 5 nitrogen and oxygen atoms in total. The van der Waals surface area contributed by atoms with Crippen LogP contribution in [0.2, 0.25) is 5.02 Å². The Morgan fingerprint density at radius 2 is 1.92 bits per heavy atom. The number of hydrogen-bond acceptors (Lipinski definition) is 4. The molecule has 0 aliphatic rings. The Morgan fingerprint density at radius 3 is 2.46 bits per heavy atom. The number of alkyl halides is 3. The highest BCUT2D eigenvalue weighted by Crippen LogP contribution is 2.40. The summed E-state index contributed by atoms with van der Waals surface area (Å²) in [6, 6.07) is 6.25. The van der Waals surface area contributed by atoms with E-state index in [1.54, 1.807) is 12.3 Å². The van der Waals surface area contributed by atoms with Gasteiger partial charge in [0.2, 0.25) is 10.0 Å². The number of rotatable bonds is 3. The minimum absolute atomic E-state index is 0.0246. The maximum Gasteiger partial charge on any atom is 0.435 e. The molecule has 11 heteroatoms. The van der Waals surface area contributed by atoms with Crippen LogP contribution in [0.25, 0.3) is 16.3 Å². The lowest BCUT2D eigenvalue weighted by Gasteiger charge is -2.11. The van der Waals surface area contributed by atoms with E-state index >= 15 is 0 Å². The molecule has 0 spiro atoms. The minimum Gasteiger partial charge on any atom is -0.230 e. The predicted molar refractivity (Wildman–Crippen MR) is 93.0 cm³/mol. The zero-order chi connectivity index (χ0) is 19.3. The normalized spacial score (nSPS) is 12.5. The third kappa shape index (κ3) is 3.37. The minimum atomic E-state index is -4.71. The molecule has 2 aromatic heterocycles. The van der Waals surface area contributed by atoms with Crippen LogP contribution in [-0.2, 0) is 16.2 Å². The van der Waals surface area contributed by atoms with Crippen molar-refractivity contribution in [3.63, 3.8) is 0 Å². The van der Waals surface area contributed by atoms with E-state index in [-0.39, 0.29) is 21.3 Å². The van der Waals surface area contributed by atoms with Gasteiger partial charge in [-0.3, -0.25) is 0 Å². The van der Waals surface area contributed by atoms with Crippen LogP contribution in [0, 0.1) is 6.92 Å². The third-order valence-electron chi connectivity index (χ3n) is 3.53. The molecule has 0 saturated carbocycles. The number of benzene rings is 1. The molecule has 0 unspecified atom stereocenters. The molecule has 0 saturated heterocycles. The lowest BCUT2D eigenvalue weighted by Crippen LogP contribution is -2.16. The number of hydrogen-bond donors (Lipinski definition) is 1. The largest absolute Gasteiger partial charge is 0.435 e. The summed E-state index contributed by atoms with van der Waals surface area (Å²) in [6.07, 6.45) is -4.71. The molecule has 2 N–H and O–H groups in total. The van der Waals surface area contributed by atoms with Gasteiger partial charge in [0.25, 0.3) is 0 Å². The van der Waals surface area contributed by atoms with Crippen molar-refractivity contribution in [2.45, 2.75) is 18.0 Å². The van der Waals surface area contributed by atoms with Gasteiger partial charge in [-0.05, 0) is 36.1 Å². The molecule has 3 aromatic rings. The first kappa shape index (κ1) is 18.9. The van der Waals surface area contributed by atoms with E-state index in [9.17, 15) is 21.6 Å². The van der Waals surface area contributed by atoms with Gasteiger partial charge in [0.05, 0.1) is 21.3 Å². The van der Waals surface area contributed by atoms with E-state index in [2.05, 4.69) is 5.10 Å². The van der Waals surface area contributed by atoms with Gasteiger partial charge in [-0.2, -0.15) is 18.3 Å². The van der Waals surface area contributed by atoms with Gasteiger partial charge >= 0.3 is 6.18 Å². The van der Waals surface area contributed by atoms with Crippen molar-refractivity contribution in [3.05, 3.63) is 52.0 Å². The number of nitrogens with two attached hydrogens (primary N) is 1. The fourth-order valence-corrected chi connectivity index (χ4v) is 4.35. The molecular weight excluding hydrogens is 411 g/mol. The monoisotopic (exact) mass is 421 g/mol. The Balaban J connectivity index is 2.36. The highest BCUT2D eigenvalue weighted by Gasteiger charge is 2.36. The molecule has 0 amide bonds. The van der Waals surface area contributed by atoms with Gasteiger partial charge in [-0.1, -0.05) is 23.7 Å². The van der Waals surface area contributed by atoms with E-state index in [1.807, 2.05) is 0 Å². The Hall–Kier alpha value is -1.88. The van der Waals surface area contributed by atoms with Gasteiger partial charge in [0.15, 0.2) is 5.69 Å². The molecule has 0 bridgehead atoms. The smallest absolute Gasteiger partial charge is 0.230 e. The van der Waals surface area contributed by atoms with Crippen molar-refractivity contribution in [3.8, 4) is 16.3 Å². The fourth-order valence-electron chi connectivity index (χ4n) is 2.34. The van der Waals surface area contributed by atoms with Crippen molar-refractivity contribution < 1.29 is 21.6 Å². The average molecular weight is 422 g/mol. The van der Waals surface area contributed by atoms with Crippen molar-refractivity contribution in [1.82, 2.24) is 9.78 Å². The molecule has 0 radical (unpaired) electrons. The van der Waals surface area contributed by atoms with E-state index < -0.39 is 21.9 Å². The molecule has 0 aliphatic carbocycles. The Bertz CT molecular complexity index is 1090. The van der Waals surface area contributed by atoms with Crippen LogP contribution in [0.3, 0.4) is 0 Å². The van der Waals surface area contributed by atoms with Crippen LogP contribution >= 0.6 is 22.9 Å². The van der Waals surface area contributed by atoms with Gasteiger partial charge < -0.3 is 0 Å². The molecule has 0 atom stereocenters. The summed E-state index contributed by atoms with van der Waals surface area (Å²) in [7, 11) is -4.18. The van der Waals surface area contributed by atoms with Crippen LogP contribution < -0.4 is 5.14 Å². The summed E-state index contributed by atoms with van der Waals surface area (Å²) < 4.78 is 64.2. The third-order valence-corrected chi connectivity index (χ3v) is 6.21. The Morgan fingerprint density at radius 1 is 1.27 bits per heavy atom. The topological polar surface area (TPSA) is 78.0 Å². The second kappa shape index (κ2) is 6.38. The quantitative estimate of drug-likeness (QED) is 0.687. The number of aromatic nitrogens is 2. The van der Waals surface area contributed by atoms with Crippen molar-refractivity contribution in [2.75, 3.05) is 0 Å². The van der Waals surface area contributed by atoms with Gasteiger partial charge in [-0.25, -0.2) is 18.2 Å². The summed E-state index contributed by atoms with van der Waals surface area (Å²) in [5, 5.41) is 10.7. The second-order valence-electron chi connectivity index (χ2n) is 5.40. The number of aryl methyl sites for hydroxylation is 1. The van der Waals surface area contributed by atoms with Crippen molar-refractivity contribution in [2.24, 2.45) is 5.14 Å². The maximum absolute atomic E-state index is 13.2. The highest BCUT2D eigenvalue weighted by molar-refractivity contribution is 7.89. The van der Waals surface area contributed by atoms with E-state index in [1.165, 1.54) is 24.3 Å². The number of primary sulfonamides is 1. The number of sulfonamides is 1. The Kier molecular flexibility index (Phi) is 4.63. The molecule has 1 aromatic carbocycles. The van der Waals surface area contributed by atoms with Crippen molar-refractivity contribution in [1.29, 1.82) is 0 Å². The molecule has 3 rings (SSSR count). The summed E-state index contributed by atoms with van der Waals surface area (Å²) in [4.78, 5) is -0.00105. The summed E-state index contributed by atoms with van der Waals surface area (Å²) in [5.74, 6) is 0. The zero-order valence-corrected chi connectivity index (χ0v) is 15.5. The number of nitrogens with zero attached hydrogens (tertiary/aromatic N) is 2. The zero-order valence-electron chi connectivity index (χ0n) is 13.1. The first-order chi connectivity index (χ1) is 12.0. The van der Waals surface area contributed by atoms with Crippen LogP contribution in [0.15, 0.2) is 40.6 Å². The first-order valence-corrected chi connectivity index (χ1v) is 9.84. The van der Waals surface area contributed by atoms with Crippen LogP contribution in [0.4, 0.5) is 13.2 Å². The van der Waals surface area contributed by atoms with E-state index in [4.69, 9.17) is 16.7 Å². The maximum atomic E-state index is 13.2. The van der Waals surface area contributed by atoms with E-state index in [0.717, 1.165) is 22.1 Å². The SMILES string of the molecule is Cc1csc(-c2cc(C(F)(F)F)nn2-c2ccccc2S(N)(=O)=O)c1Cl. The summed E-state index contributed by atoms with van der Waals surface area (Å²) in [5.41, 5.74) is -0.550. The molecule has 2 heterocycles. The number of halogens is 4. The van der Waals surface area contributed by atoms with Gasteiger partial charge in [-0.15, -0.1) is 11.3 Å². The molecule has 0 fully saturated rings. The summed E-state index contributed by atoms with van der Waals surface area (Å²) in [6.45, 7) is 1.71. The average Bonchev–Trinajstić information content (AvgIpc) is 3.11. The first-order valence-electron chi connectivity index (χ1n) is 7.03. The number of thiophene rings is 1. The standard InChI is InChI=1S/C15H11ClF3N3O2S2/c1-8-7-25-14(13(8)16)10-6-12(15(17,18)19)21-22(10)9-4-2-3-5-11(9)26(20,23)24/h2-7H,1H3,(H2,20,23,24). The van der Waals surface area contributed by atoms with Crippen LogP contribution in [-0.4, -0.2) is 18.2 Å². The lowest BCUT2D eigenvalue weighted by molar-refractivity contribution is -0.141.